The number of ether oxygens (including phenoxy) is 4. The summed E-state index contributed by atoms with van der Waals surface area (Å²) in [4.78, 5) is 0. The van der Waals surface area contributed by atoms with E-state index in [0.717, 1.165) is 0 Å². The molecule has 3 aliphatic rings. The van der Waals surface area contributed by atoms with E-state index >= 15 is 0 Å². The fourth-order valence-corrected chi connectivity index (χ4v) is 2.76. The van der Waals surface area contributed by atoms with E-state index in [1.54, 1.807) is 0 Å². The Hall–Kier alpha value is -0.400. The van der Waals surface area contributed by atoms with Gasteiger partial charge in [0.1, 0.15) is 48.8 Å². The maximum Gasteiger partial charge on any atom is 0.186 e. The van der Waals surface area contributed by atoms with E-state index in [1.807, 2.05) is 0 Å². The van der Waals surface area contributed by atoms with Crippen molar-refractivity contribution >= 4 is 0 Å². The summed E-state index contributed by atoms with van der Waals surface area (Å²) >= 11 is 0. The lowest BCUT2D eigenvalue weighted by Crippen LogP contribution is -2.64. The van der Waals surface area contributed by atoms with Crippen LogP contribution in [0.15, 0.2) is 0 Å². The number of hydrogen-bond donors (Lipinski definition) is 6. The molecule has 10 atom stereocenters. The van der Waals surface area contributed by atoms with Crippen LogP contribution in [-0.4, -0.2) is 105 Å². The summed E-state index contributed by atoms with van der Waals surface area (Å²) in [5.74, 6) is 0. The van der Waals surface area contributed by atoms with Crippen LogP contribution < -0.4 is 0 Å². The molecule has 3 aliphatic heterocycles. The first-order valence-corrected chi connectivity index (χ1v) is 7.02. The van der Waals surface area contributed by atoms with Gasteiger partial charge in [-0.1, -0.05) is 0 Å². The van der Waals surface area contributed by atoms with Crippen molar-refractivity contribution in [2.75, 3.05) is 13.2 Å². The van der Waals surface area contributed by atoms with Crippen molar-refractivity contribution in [1.82, 2.24) is 0 Å². The smallest absolute Gasteiger partial charge is 0.186 e. The highest BCUT2D eigenvalue weighted by Crippen LogP contribution is 2.28. The molecule has 0 amide bonds. The van der Waals surface area contributed by atoms with E-state index in [1.165, 1.54) is 0 Å². The molecule has 0 unspecified atom stereocenters. The zero-order valence-corrected chi connectivity index (χ0v) is 11.5. The summed E-state index contributed by atoms with van der Waals surface area (Å²) < 4.78 is 21.2. The van der Waals surface area contributed by atoms with Crippen molar-refractivity contribution in [1.29, 1.82) is 0 Å². The van der Waals surface area contributed by atoms with Crippen LogP contribution in [0.3, 0.4) is 0 Å². The van der Waals surface area contributed by atoms with Gasteiger partial charge in [-0.15, -0.1) is 0 Å². The van der Waals surface area contributed by atoms with E-state index < -0.39 is 61.4 Å². The van der Waals surface area contributed by atoms with Crippen LogP contribution in [0.2, 0.25) is 0 Å². The van der Waals surface area contributed by atoms with Gasteiger partial charge in [-0.25, -0.2) is 0 Å². The standard InChI is InChI=1S/C12H20O10/c13-5-3-1-19-11-9(17)8(16)6(14)4(22-11)2-20-12(21-3)10(18)7(5)15/h3-18H,1-2H2/t3-,4-,5-,6-,7+,8+,9-,10-,11-,12-/m1/s1. The molecule has 0 aromatic carbocycles. The summed E-state index contributed by atoms with van der Waals surface area (Å²) in [6, 6.07) is 0. The molecule has 0 aromatic rings. The Labute approximate surface area is 125 Å². The fourth-order valence-electron chi connectivity index (χ4n) is 2.76. The van der Waals surface area contributed by atoms with Crippen molar-refractivity contribution in [3.8, 4) is 0 Å². The second-order valence-electron chi connectivity index (χ2n) is 5.70. The predicted molar refractivity (Wildman–Crippen MR) is 65.3 cm³/mol. The maximum atomic E-state index is 9.86. The van der Waals surface area contributed by atoms with Gasteiger partial charge in [-0.05, 0) is 0 Å². The summed E-state index contributed by atoms with van der Waals surface area (Å²) in [7, 11) is 0. The first kappa shape index (κ1) is 16.5. The van der Waals surface area contributed by atoms with E-state index in [4.69, 9.17) is 18.9 Å². The third kappa shape index (κ3) is 2.76. The van der Waals surface area contributed by atoms with Crippen LogP contribution in [0.1, 0.15) is 0 Å². The van der Waals surface area contributed by atoms with E-state index in [9.17, 15) is 30.6 Å². The van der Waals surface area contributed by atoms with Crippen molar-refractivity contribution in [2.24, 2.45) is 0 Å². The normalized spacial score (nSPS) is 56.5. The minimum atomic E-state index is -1.49. The van der Waals surface area contributed by atoms with Gasteiger partial charge in [0.15, 0.2) is 12.6 Å². The van der Waals surface area contributed by atoms with Gasteiger partial charge in [-0.3, -0.25) is 0 Å². The molecule has 0 aliphatic carbocycles. The zero-order chi connectivity index (χ0) is 16.0. The molecule has 128 valence electrons. The molecular weight excluding hydrogens is 304 g/mol. The highest BCUT2D eigenvalue weighted by Gasteiger charge is 2.49. The lowest BCUT2D eigenvalue weighted by atomic mass is 9.97. The molecule has 0 aromatic heterocycles. The average molecular weight is 324 g/mol. The van der Waals surface area contributed by atoms with Crippen LogP contribution >= 0.6 is 0 Å². The summed E-state index contributed by atoms with van der Waals surface area (Å²) in [6.07, 6.45) is -13.3. The van der Waals surface area contributed by atoms with Gasteiger partial charge in [0.05, 0.1) is 13.2 Å². The molecule has 10 nitrogen and oxygen atoms in total. The number of hydrogen-bond acceptors (Lipinski definition) is 10. The van der Waals surface area contributed by atoms with E-state index in [0.29, 0.717) is 0 Å². The lowest BCUT2D eigenvalue weighted by molar-refractivity contribution is -0.357. The second kappa shape index (κ2) is 6.24. The Kier molecular flexibility index (Phi) is 4.67. The number of rotatable bonds is 0. The summed E-state index contributed by atoms with van der Waals surface area (Å²) in [5.41, 5.74) is 0. The predicted octanol–water partition coefficient (Wildman–Crippen LogP) is -4.35. The first-order valence-electron chi connectivity index (χ1n) is 7.02. The number of aliphatic hydroxyl groups is 6. The van der Waals surface area contributed by atoms with Crippen molar-refractivity contribution in [3.05, 3.63) is 0 Å². The van der Waals surface area contributed by atoms with Crippen LogP contribution in [0.5, 0.6) is 0 Å². The third-order valence-electron chi connectivity index (χ3n) is 4.19. The van der Waals surface area contributed by atoms with Crippen LogP contribution in [-0.2, 0) is 18.9 Å². The quantitative estimate of drug-likeness (QED) is 0.257. The van der Waals surface area contributed by atoms with Crippen LogP contribution in [0.25, 0.3) is 0 Å². The van der Waals surface area contributed by atoms with Crippen LogP contribution in [0, 0.1) is 0 Å². The molecular formula is C12H20O10. The molecule has 0 saturated carbocycles. The molecule has 0 spiro atoms. The highest BCUT2D eigenvalue weighted by atomic mass is 16.7. The molecule has 10 heteroatoms. The average Bonchev–Trinajstić information content (AvgIpc) is 2.52. The molecule has 6 N–H and O–H groups in total. The molecule has 3 rings (SSSR count). The Balaban J connectivity index is 1.79. The van der Waals surface area contributed by atoms with Gasteiger partial charge < -0.3 is 49.6 Å². The molecule has 3 saturated heterocycles. The van der Waals surface area contributed by atoms with Crippen LogP contribution in [0.4, 0.5) is 0 Å². The van der Waals surface area contributed by atoms with E-state index in [2.05, 4.69) is 0 Å². The summed E-state index contributed by atoms with van der Waals surface area (Å²) in [5, 5.41) is 59.0. The largest absolute Gasteiger partial charge is 0.387 e. The lowest BCUT2D eigenvalue weighted by Gasteiger charge is -2.45. The van der Waals surface area contributed by atoms with Crippen molar-refractivity contribution in [2.45, 2.75) is 61.4 Å². The van der Waals surface area contributed by atoms with Gasteiger partial charge in [0.25, 0.3) is 0 Å². The second-order valence-corrected chi connectivity index (χ2v) is 5.70. The van der Waals surface area contributed by atoms with Gasteiger partial charge in [0, 0.05) is 0 Å². The third-order valence-corrected chi connectivity index (χ3v) is 4.19. The SMILES string of the molecule is O[C@@H]1[C@@H](O)[C@@H]2OC[C@H]3O[C@@H](OC[C@@H](O2)[C@H]1O)[C@H](O)[C@@H](O)[C@@H]3O. The number of fused-ring (bicyclic) bond motifs is 4. The first-order chi connectivity index (χ1) is 10.4. The number of aliphatic hydroxyl groups excluding tert-OH is 6. The maximum absolute atomic E-state index is 9.86. The Morgan fingerprint density at radius 2 is 0.864 bits per heavy atom. The highest BCUT2D eigenvalue weighted by molar-refractivity contribution is 4.93. The van der Waals surface area contributed by atoms with Gasteiger partial charge >= 0.3 is 0 Å². The minimum absolute atomic E-state index is 0.276. The fraction of sp³-hybridized carbons (Fsp3) is 1.00. The van der Waals surface area contributed by atoms with E-state index in [-0.39, 0.29) is 13.2 Å². The van der Waals surface area contributed by atoms with Crippen molar-refractivity contribution in [3.63, 3.8) is 0 Å². The Bertz CT molecular complexity index is 326. The molecule has 0 radical (unpaired) electrons. The molecule has 22 heavy (non-hydrogen) atoms. The Morgan fingerprint density at radius 1 is 0.500 bits per heavy atom. The summed E-state index contributed by atoms with van der Waals surface area (Å²) in [6.45, 7) is -0.551. The van der Waals surface area contributed by atoms with Crippen molar-refractivity contribution < 1.29 is 49.6 Å². The Morgan fingerprint density at radius 3 is 1.23 bits per heavy atom. The van der Waals surface area contributed by atoms with Gasteiger partial charge in [0.2, 0.25) is 0 Å². The molecule has 3 heterocycles. The minimum Gasteiger partial charge on any atom is -0.387 e. The zero-order valence-electron chi connectivity index (χ0n) is 11.5. The molecule has 3 fully saturated rings. The molecule has 4 bridgehead atoms. The topological polar surface area (TPSA) is 158 Å². The monoisotopic (exact) mass is 324 g/mol. The van der Waals surface area contributed by atoms with Gasteiger partial charge in [-0.2, -0.15) is 0 Å².